The van der Waals surface area contributed by atoms with Crippen LogP contribution in [-0.4, -0.2) is 21.6 Å². The number of rotatable bonds is 4. The van der Waals surface area contributed by atoms with Crippen molar-refractivity contribution < 1.29 is 21.9 Å². The first kappa shape index (κ1) is 15.9. The Labute approximate surface area is 133 Å². The van der Waals surface area contributed by atoms with Crippen molar-refractivity contribution in [2.45, 2.75) is 11.3 Å². The number of benzene rings is 2. The highest BCUT2D eigenvalue weighted by Gasteiger charge is 2.24. The Hall–Kier alpha value is -1.99. The SMILES string of the molecule is O=S(=O)(NCC1COc2ccccc2C1)c1cc(F)ccc1F. The predicted molar refractivity (Wildman–Crippen MR) is 80.7 cm³/mol. The molecule has 1 unspecified atom stereocenters. The van der Waals surface area contributed by atoms with Crippen LogP contribution in [0.3, 0.4) is 0 Å². The van der Waals surface area contributed by atoms with Gasteiger partial charge in [0, 0.05) is 12.5 Å². The zero-order chi connectivity index (χ0) is 16.4. The van der Waals surface area contributed by atoms with Crippen LogP contribution in [-0.2, 0) is 16.4 Å². The van der Waals surface area contributed by atoms with Crippen molar-refractivity contribution in [2.75, 3.05) is 13.2 Å². The lowest BCUT2D eigenvalue weighted by Crippen LogP contribution is -2.35. The fourth-order valence-corrected chi connectivity index (χ4v) is 3.71. The smallest absolute Gasteiger partial charge is 0.243 e. The first-order chi connectivity index (χ1) is 11.0. The van der Waals surface area contributed by atoms with Gasteiger partial charge >= 0.3 is 0 Å². The second kappa shape index (κ2) is 6.25. The number of halogens is 2. The average molecular weight is 339 g/mol. The molecule has 0 saturated carbocycles. The normalized spacial score (nSPS) is 17.4. The molecule has 1 aliphatic heterocycles. The number of hydrogen-bond donors (Lipinski definition) is 1. The fourth-order valence-electron chi connectivity index (χ4n) is 2.51. The van der Waals surface area contributed by atoms with E-state index < -0.39 is 26.6 Å². The molecule has 1 aliphatic rings. The van der Waals surface area contributed by atoms with Crippen LogP contribution in [0.5, 0.6) is 5.75 Å². The zero-order valence-electron chi connectivity index (χ0n) is 12.1. The summed E-state index contributed by atoms with van der Waals surface area (Å²) in [6, 6.07) is 9.88. The highest BCUT2D eigenvalue weighted by Crippen LogP contribution is 2.26. The van der Waals surface area contributed by atoms with Crippen LogP contribution in [0.2, 0.25) is 0 Å². The van der Waals surface area contributed by atoms with Crippen LogP contribution in [0, 0.1) is 17.6 Å². The van der Waals surface area contributed by atoms with Crippen molar-refractivity contribution >= 4 is 10.0 Å². The Morgan fingerprint density at radius 3 is 2.78 bits per heavy atom. The van der Waals surface area contributed by atoms with Gasteiger partial charge in [-0.25, -0.2) is 21.9 Å². The lowest BCUT2D eigenvalue weighted by atomic mass is 9.97. The second-order valence-electron chi connectivity index (χ2n) is 5.42. The van der Waals surface area contributed by atoms with Gasteiger partial charge in [-0.1, -0.05) is 18.2 Å². The summed E-state index contributed by atoms with van der Waals surface area (Å²) in [7, 11) is -4.11. The van der Waals surface area contributed by atoms with E-state index in [2.05, 4.69) is 4.72 Å². The summed E-state index contributed by atoms with van der Waals surface area (Å²) in [5.74, 6) is -1.06. The fraction of sp³-hybridized carbons (Fsp3) is 0.250. The van der Waals surface area contributed by atoms with E-state index in [0.29, 0.717) is 19.1 Å². The molecular weight excluding hydrogens is 324 g/mol. The summed E-state index contributed by atoms with van der Waals surface area (Å²) >= 11 is 0. The van der Waals surface area contributed by atoms with Crippen molar-refractivity contribution in [3.05, 3.63) is 59.7 Å². The van der Waals surface area contributed by atoms with Crippen LogP contribution in [0.4, 0.5) is 8.78 Å². The van der Waals surface area contributed by atoms with Crippen molar-refractivity contribution in [1.29, 1.82) is 0 Å². The third kappa shape index (κ3) is 3.51. The molecule has 0 spiro atoms. The molecule has 2 aromatic carbocycles. The monoisotopic (exact) mass is 339 g/mol. The van der Waals surface area contributed by atoms with Crippen LogP contribution in [0.25, 0.3) is 0 Å². The summed E-state index contributed by atoms with van der Waals surface area (Å²) in [6.45, 7) is 0.456. The summed E-state index contributed by atoms with van der Waals surface area (Å²) in [6.07, 6.45) is 0.657. The number of fused-ring (bicyclic) bond motifs is 1. The molecule has 2 aromatic rings. The molecule has 1 atom stereocenters. The number of sulfonamides is 1. The summed E-state index contributed by atoms with van der Waals surface area (Å²) in [5.41, 5.74) is 1.000. The third-order valence-corrected chi connectivity index (χ3v) is 5.14. The molecule has 122 valence electrons. The molecule has 0 aromatic heterocycles. The minimum Gasteiger partial charge on any atom is -0.493 e. The summed E-state index contributed by atoms with van der Waals surface area (Å²) in [4.78, 5) is -0.686. The van der Waals surface area contributed by atoms with Crippen LogP contribution in [0.1, 0.15) is 5.56 Å². The Morgan fingerprint density at radius 1 is 1.17 bits per heavy atom. The van der Waals surface area contributed by atoms with Crippen LogP contribution >= 0.6 is 0 Å². The van der Waals surface area contributed by atoms with Gasteiger partial charge in [-0.3, -0.25) is 0 Å². The Kier molecular flexibility index (Phi) is 4.32. The number of ether oxygens (including phenoxy) is 1. The largest absolute Gasteiger partial charge is 0.493 e. The maximum absolute atomic E-state index is 13.6. The Bertz CT molecular complexity index is 824. The molecule has 23 heavy (non-hydrogen) atoms. The van der Waals surface area contributed by atoms with Gasteiger partial charge in [0.25, 0.3) is 0 Å². The quantitative estimate of drug-likeness (QED) is 0.931. The molecule has 0 amide bonds. The second-order valence-corrected chi connectivity index (χ2v) is 7.15. The molecule has 7 heteroatoms. The van der Waals surface area contributed by atoms with E-state index in [1.807, 2.05) is 24.3 Å². The first-order valence-corrected chi connectivity index (χ1v) is 8.59. The van der Waals surface area contributed by atoms with E-state index in [4.69, 9.17) is 4.74 Å². The molecule has 1 heterocycles. The molecule has 0 radical (unpaired) electrons. The minimum absolute atomic E-state index is 0.0729. The number of para-hydroxylation sites is 1. The van der Waals surface area contributed by atoms with E-state index in [1.165, 1.54) is 0 Å². The van der Waals surface area contributed by atoms with Crippen molar-refractivity contribution in [3.63, 3.8) is 0 Å². The number of hydrogen-bond acceptors (Lipinski definition) is 3. The van der Waals surface area contributed by atoms with Gasteiger partial charge in [-0.2, -0.15) is 0 Å². The van der Waals surface area contributed by atoms with Gasteiger partial charge in [0.15, 0.2) is 0 Å². The molecule has 0 aliphatic carbocycles. The molecule has 3 rings (SSSR count). The first-order valence-electron chi connectivity index (χ1n) is 7.11. The van der Waals surface area contributed by atoms with E-state index >= 15 is 0 Å². The van der Waals surface area contributed by atoms with Gasteiger partial charge in [0.2, 0.25) is 10.0 Å². The third-order valence-electron chi connectivity index (χ3n) is 3.70. The highest BCUT2D eigenvalue weighted by molar-refractivity contribution is 7.89. The van der Waals surface area contributed by atoms with Crippen molar-refractivity contribution in [1.82, 2.24) is 4.72 Å². The lowest BCUT2D eigenvalue weighted by molar-refractivity contribution is 0.223. The zero-order valence-corrected chi connectivity index (χ0v) is 12.9. The van der Waals surface area contributed by atoms with Crippen molar-refractivity contribution in [3.8, 4) is 5.75 Å². The standard InChI is InChI=1S/C16H15F2NO3S/c17-13-5-6-14(18)16(8-13)23(20,21)19-9-11-7-12-3-1-2-4-15(12)22-10-11/h1-6,8,11,19H,7,9-10H2. The summed E-state index contributed by atoms with van der Waals surface area (Å²) < 4.78 is 59.0. The van der Waals surface area contributed by atoms with E-state index in [0.717, 1.165) is 23.4 Å². The van der Waals surface area contributed by atoms with Crippen LogP contribution < -0.4 is 9.46 Å². The van der Waals surface area contributed by atoms with Crippen molar-refractivity contribution in [2.24, 2.45) is 5.92 Å². The molecule has 0 saturated heterocycles. The molecule has 1 N–H and O–H groups in total. The van der Waals surface area contributed by atoms with E-state index in [-0.39, 0.29) is 12.5 Å². The predicted octanol–water partition coefficient (Wildman–Crippen LogP) is 2.49. The van der Waals surface area contributed by atoms with Crippen LogP contribution in [0.15, 0.2) is 47.4 Å². The van der Waals surface area contributed by atoms with Gasteiger partial charge in [0.05, 0.1) is 6.61 Å². The highest BCUT2D eigenvalue weighted by atomic mass is 32.2. The van der Waals surface area contributed by atoms with Gasteiger partial charge in [0.1, 0.15) is 22.3 Å². The van der Waals surface area contributed by atoms with E-state index in [1.54, 1.807) is 0 Å². The van der Waals surface area contributed by atoms with Gasteiger partial charge < -0.3 is 4.74 Å². The topological polar surface area (TPSA) is 55.4 Å². The Morgan fingerprint density at radius 2 is 1.96 bits per heavy atom. The molecular formula is C16H15F2NO3S. The van der Waals surface area contributed by atoms with Gasteiger partial charge in [-0.05, 0) is 36.2 Å². The minimum atomic E-state index is -4.11. The molecule has 0 fully saturated rings. The molecule has 0 bridgehead atoms. The summed E-state index contributed by atoms with van der Waals surface area (Å²) in [5, 5.41) is 0. The number of nitrogens with one attached hydrogen (secondary N) is 1. The Balaban J connectivity index is 1.70. The molecule has 4 nitrogen and oxygen atoms in total. The average Bonchev–Trinajstić information content (AvgIpc) is 2.55. The van der Waals surface area contributed by atoms with Gasteiger partial charge in [-0.15, -0.1) is 0 Å². The van der Waals surface area contributed by atoms with E-state index in [9.17, 15) is 17.2 Å². The maximum Gasteiger partial charge on any atom is 0.243 e. The lowest BCUT2D eigenvalue weighted by Gasteiger charge is -2.25. The maximum atomic E-state index is 13.6.